The molecule has 2 heterocycles. The predicted molar refractivity (Wildman–Crippen MR) is 235 cm³/mol. The Morgan fingerprint density at radius 2 is 1.46 bits per heavy atom. The number of hydrogen-bond acceptors (Lipinski definition) is 4. The molecule has 299 valence electrons. The summed E-state index contributed by atoms with van der Waals surface area (Å²) in [5.41, 5.74) is 8.27. The van der Waals surface area contributed by atoms with Crippen molar-refractivity contribution in [1.82, 2.24) is 4.98 Å². The molecular weight excluding hydrogens is 890 g/mol. The monoisotopic (exact) mass is 949 g/mol. The van der Waals surface area contributed by atoms with Gasteiger partial charge in [0, 0.05) is 65.6 Å². The second-order valence-corrected chi connectivity index (χ2v) is 17.6. The molecule has 0 fully saturated rings. The molecule has 0 saturated carbocycles. The number of fused-ring (bicyclic) bond motifs is 4. The van der Waals surface area contributed by atoms with Crippen molar-refractivity contribution in [3.63, 3.8) is 0 Å². The van der Waals surface area contributed by atoms with E-state index in [0.29, 0.717) is 16.2 Å². The first-order chi connectivity index (χ1) is 26.1. The van der Waals surface area contributed by atoms with E-state index in [4.69, 9.17) is 4.98 Å². The van der Waals surface area contributed by atoms with Crippen LogP contribution in [0.25, 0.3) is 53.3 Å². The topological polar surface area (TPSA) is 50.2 Å². The fourth-order valence-electron chi connectivity index (χ4n) is 7.94. The number of thiophene rings is 1. The van der Waals surface area contributed by atoms with Crippen LogP contribution in [-0.4, -0.2) is 15.9 Å². The molecule has 0 unspecified atom stereocenters. The average Bonchev–Trinajstić information content (AvgIpc) is 3.52. The zero-order valence-electron chi connectivity index (χ0n) is 35.1. The molecule has 6 heteroatoms. The predicted octanol–water partition coefficient (Wildman–Crippen LogP) is 14.9. The Labute approximate surface area is 352 Å². The van der Waals surface area contributed by atoms with E-state index in [9.17, 15) is 9.90 Å². The third-order valence-electron chi connectivity index (χ3n) is 10.9. The van der Waals surface area contributed by atoms with Gasteiger partial charge in [-0.1, -0.05) is 116 Å². The zero-order valence-corrected chi connectivity index (χ0v) is 38.3. The van der Waals surface area contributed by atoms with Crippen LogP contribution in [0.5, 0.6) is 0 Å². The number of pyridine rings is 1. The van der Waals surface area contributed by atoms with Crippen LogP contribution in [0.3, 0.4) is 0 Å². The van der Waals surface area contributed by atoms with Crippen LogP contribution < -0.4 is 0 Å². The Hall–Kier alpha value is -3.70. The van der Waals surface area contributed by atoms with Gasteiger partial charge in [-0.25, -0.2) is 4.39 Å². The van der Waals surface area contributed by atoms with E-state index in [0.717, 1.165) is 80.9 Å². The molecule has 0 saturated heterocycles. The minimum atomic E-state index is -0.148. The van der Waals surface area contributed by atoms with Gasteiger partial charge in [0.05, 0.1) is 10.5 Å². The molecular formula is C50H59FIrNO2S-. The molecule has 0 aliphatic heterocycles. The van der Waals surface area contributed by atoms with Crippen LogP contribution in [0.4, 0.5) is 4.39 Å². The molecule has 6 rings (SSSR count). The molecule has 1 N–H and O–H groups in total. The summed E-state index contributed by atoms with van der Waals surface area (Å²) >= 11 is 1.50. The minimum absolute atomic E-state index is 0. The number of aliphatic hydroxyl groups is 1. The summed E-state index contributed by atoms with van der Waals surface area (Å²) in [4.78, 5) is 16.5. The standard InChI is InChI=1S/C37H35FNS.C13H24O2.Ir/c1-21(2)16-24-17-22(3)32(23(4)18-24)30-13-12-28-29-14-15-39-34(36(29)40-35(28)33(30)38)26-19-25-10-8-9-11-27(25)31(20-26)37(5,6)7;1-5-10(6-2)12(14)9-13(15)11(7-3)8-4;/h8-15,17-18,20-21H,16H2,1-7H3;9-11,14H,5-8H2,1-4H3;/q-1;;/b;12-9-;. The van der Waals surface area contributed by atoms with Gasteiger partial charge >= 0.3 is 0 Å². The number of hydrogen-bond donors (Lipinski definition) is 1. The van der Waals surface area contributed by atoms with E-state index in [1.807, 2.05) is 46.0 Å². The minimum Gasteiger partial charge on any atom is -0.512 e. The Bertz CT molecular complexity index is 2320. The van der Waals surface area contributed by atoms with E-state index >= 15 is 4.39 Å². The van der Waals surface area contributed by atoms with Crippen molar-refractivity contribution >= 4 is 48.1 Å². The van der Waals surface area contributed by atoms with E-state index < -0.39 is 0 Å². The summed E-state index contributed by atoms with van der Waals surface area (Å²) in [5, 5.41) is 14.0. The van der Waals surface area contributed by atoms with E-state index in [1.54, 1.807) is 0 Å². The molecule has 0 bridgehead atoms. The maximum Gasteiger partial charge on any atom is 0.162 e. The number of allylic oxidation sites excluding steroid dienone is 2. The number of ketones is 1. The Morgan fingerprint density at radius 3 is 2.05 bits per heavy atom. The normalized spacial score (nSPS) is 12.2. The van der Waals surface area contributed by atoms with Gasteiger partial charge in [-0.3, -0.25) is 9.78 Å². The van der Waals surface area contributed by atoms with Gasteiger partial charge in [0.25, 0.3) is 0 Å². The van der Waals surface area contributed by atoms with Crippen molar-refractivity contribution in [3.8, 4) is 22.4 Å². The number of aromatic nitrogens is 1. The molecule has 56 heavy (non-hydrogen) atoms. The third-order valence-corrected chi connectivity index (χ3v) is 12.1. The van der Waals surface area contributed by atoms with Gasteiger partial charge in [0.15, 0.2) is 5.78 Å². The van der Waals surface area contributed by atoms with Gasteiger partial charge in [0.1, 0.15) is 5.82 Å². The van der Waals surface area contributed by atoms with Crippen LogP contribution in [0.1, 0.15) is 110 Å². The van der Waals surface area contributed by atoms with E-state index in [1.165, 1.54) is 33.9 Å². The summed E-state index contributed by atoms with van der Waals surface area (Å²) in [6, 6.07) is 24.8. The second kappa shape index (κ2) is 19.2. The summed E-state index contributed by atoms with van der Waals surface area (Å²) in [6.07, 6.45) is 7.78. The molecule has 0 spiro atoms. The molecule has 1 radical (unpaired) electrons. The summed E-state index contributed by atoms with van der Waals surface area (Å²) in [5.74, 6) is 0.981. The molecule has 0 aliphatic rings. The van der Waals surface area contributed by atoms with Crippen molar-refractivity contribution < 1.29 is 34.4 Å². The summed E-state index contributed by atoms with van der Waals surface area (Å²) in [7, 11) is 0. The first-order valence-electron chi connectivity index (χ1n) is 20.1. The van der Waals surface area contributed by atoms with Gasteiger partial charge in [-0.2, -0.15) is 0 Å². The third kappa shape index (κ3) is 9.69. The van der Waals surface area contributed by atoms with E-state index in [2.05, 4.69) is 103 Å². The number of carbonyl (C=O) groups excluding carboxylic acids is 1. The summed E-state index contributed by atoms with van der Waals surface area (Å²) < 4.78 is 18.1. The zero-order chi connectivity index (χ0) is 40.2. The first-order valence-corrected chi connectivity index (χ1v) is 20.9. The molecule has 0 amide bonds. The average molecular weight is 949 g/mol. The van der Waals surface area contributed by atoms with Gasteiger partial charge < -0.3 is 5.11 Å². The molecule has 6 aromatic rings. The van der Waals surface area contributed by atoms with Gasteiger partial charge in [0.2, 0.25) is 0 Å². The Balaban J connectivity index is 0.000000372. The maximum absolute atomic E-state index is 16.4. The molecule has 2 aromatic heterocycles. The number of benzene rings is 4. The molecule has 3 nitrogen and oxygen atoms in total. The fourth-order valence-corrected chi connectivity index (χ4v) is 9.18. The van der Waals surface area contributed by atoms with Crippen LogP contribution in [0, 0.1) is 43.5 Å². The smallest absolute Gasteiger partial charge is 0.162 e. The molecule has 4 aromatic carbocycles. The quantitative estimate of drug-likeness (QED) is 0.0800. The van der Waals surface area contributed by atoms with Crippen molar-refractivity contribution in [3.05, 3.63) is 113 Å². The van der Waals surface area contributed by atoms with Crippen LogP contribution in [0.15, 0.2) is 78.7 Å². The van der Waals surface area contributed by atoms with Crippen molar-refractivity contribution in [2.45, 2.75) is 114 Å². The fraction of sp³-hybridized carbons (Fsp3) is 0.400. The number of carbonyl (C=O) groups is 1. The summed E-state index contributed by atoms with van der Waals surface area (Å²) in [6.45, 7) is 23.5. The maximum atomic E-state index is 16.4. The number of nitrogens with zero attached hydrogens (tertiary/aromatic N) is 1. The van der Waals surface area contributed by atoms with Crippen molar-refractivity contribution in [1.29, 1.82) is 0 Å². The van der Waals surface area contributed by atoms with Gasteiger partial charge in [-0.15, -0.1) is 40.5 Å². The van der Waals surface area contributed by atoms with Crippen LogP contribution in [-0.2, 0) is 36.7 Å². The number of halogens is 1. The molecule has 0 aliphatic carbocycles. The van der Waals surface area contributed by atoms with E-state index in [-0.39, 0.29) is 54.7 Å². The molecule has 0 atom stereocenters. The van der Waals surface area contributed by atoms with Crippen LogP contribution >= 0.6 is 11.3 Å². The first kappa shape index (κ1) is 45.0. The number of aryl methyl sites for hydroxylation is 2. The number of rotatable bonds is 11. The number of aliphatic hydroxyl groups excluding tert-OH is 1. The van der Waals surface area contributed by atoms with Crippen molar-refractivity contribution in [2.24, 2.45) is 17.8 Å². The Kier molecular flexibility index (Phi) is 15.4. The van der Waals surface area contributed by atoms with Crippen LogP contribution in [0.2, 0.25) is 0 Å². The van der Waals surface area contributed by atoms with Crippen molar-refractivity contribution in [2.75, 3.05) is 0 Å². The largest absolute Gasteiger partial charge is 0.512 e. The second-order valence-electron chi connectivity index (χ2n) is 16.5. The Morgan fingerprint density at radius 1 is 0.857 bits per heavy atom. The SMILES string of the molecule is CCC(CC)C(=O)/C=C(\O)C(CC)CC.Cc1cc(CC(C)C)cc(C)c1-c1ccc2c(sc3c(-c4[c-]c5ccccc5c(C(C)(C)C)c4)nccc32)c1F.[Ir]. The van der Waals surface area contributed by atoms with Gasteiger partial charge in [-0.05, 0) is 91.0 Å².